The van der Waals surface area contributed by atoms with Crippen LogP contribution in [-0.2, 0) is 6.42 Å². The SMILES string of the molecule is ClCCCNCCc1ccc[nH]1. The van der Waals surface area contributed by atoms with E-state index in [2.05, 4.69) is 16.4 Å². The highest BCUT2D eigenvalue weighted by molar-refractivity contribution is 6.17. The molecule has 0 amide bonds. The number of nitrogens with one attached hydrogen (secondary N) is 2. The third-order valence-corrected chi connectivity index (χ3v) is 1.99. The maximum absolute atomic E-state index is 5.53. The van der Waals surface area contributed by atoms with Crippen molar-refractivity contribution >= 4 is 11.6 Å². The number of alkyl halides is 1. The summed E-state index contributed by atoms with van der Waals surface area (Å²) in [6.45, 7) is 2.04. The lowest BCUT2D eigenvalue weighted by molar-refractivity contribution is 0.669. The van der Waals surface area contributed by atoms with Gasteiger partial charge >= 0.3 is 0 Å². The van der Waals surface area contributed by atoms with Crippen LogP contribution in [0.2, 0.25) is 0 Å². The zero-order valence-electron chi connectivity index (χ0n) is 7.15. The molecule has 0 unspecified atom stereocenters. The number of hydrogen-bond acceptors (Lipinski definition) is 1. The van der Waals surface area contributed by atoms with Gasteiger partial charge in [-0.1, -0.05) is 0 Å². The van der Waals surface area contributed by atoms with Crippen molar-refractivity contribution in [3.05, 3.63) is 24.0 Å². The fraction of sp³-hybridized carbons (Fsp3) is 0.556. The van der Waals surface area contributed by atoms with E-state index in [1.165, 1.54) is 5.69 Å². The number of H-pyrrole nitrogens is 1. The summed E-state index contributed by atoms with van der Waals surface area (Å²) in [5.74, 6) is 0.746. The lowest BCUT2D eigenvalue weighted by Crippen LogP contribution is -2.18. The Labute approximate surface area is 78.3 Å². The quantitative estimate of drug-likeness (QED) is 0.515. The van der Waals surface area contributed by atoms with Gasteiger partial charge in [-0.05, 0) is 31.5 Å². The van der Waals surface area contributed by atoms with Crippen LogP contribution in [0.15, 0.2) is 18.3 Å². The van der Waals surface area contributed by atoms with Crippen LogP contribution in [0, 0.1) is 0 Å². The maximum Gasteiger partial charge on any atom is 0.0235 e. The van der Waals surface area contributed by atoms with Gasteiger partial charge in [0.25, 0.3) is 0 Å². The maximum atomic E-state index is 5.53. The van der Waals surface area contributed by atoms with E-state index < -0.39 is 0 Å². The Morgan fingerprint density at radius 2 is 2.33 bits per heavy atom. The van der Waals surface area contributed by atoms with Crippen molar-refractivity contribution in [1.82, 2.24) is 10.3 Å². The number of rotatable bonds is 6. The number of hydrogen-bond donors (Lipinski definition) is 2. The second kappa shape index (κ2) is 6.09. The fourth-order valence-corrected chi connectivity index (χ4v) is 1.20. The van der Waals surface area contributed by atoms with Gasteiger partial charge in [0.05, 0.1) is 0 Å². The number of aromatic nitrogens is 1. The topological polar surface area (TPSA) is 27.8 Å². The summed E-state index contributed by atoms with van der Waals surface area (Å²) < 4.78 is 0. The average Bonchev–Trinajstić information content (AvgIpc) is 2.57. The van der Waals surface area contributed by atoms with E-state index in [0.717, 1.165) is 31.8 Å². The van der Waals surface area contributed by atoms with Crippen LogP contribution in [0.1, 0.15) is 12.1 Å². The highest BCUT2D eigenvalue weighted by Gasteiger charge is 1.91. The Balaban J connectivity index is 1.96. The summed E-state index contributed by atoms with van der Waals surface area (Å²) in [4.78, 5) is 3.16. The van der Waals surface area contributed by atoms with Crippen LogP contribution in [0.3, 0.4) is 0 Å². The van der Waals surface area contributed by atoms with E-state index in [-0.39, 0.29) is 0 Å². The van der Waals surface area contributed by atoms with Gasteiger partial charge in [-0.2, -0.15) is 0 Å². The third kappa shape index (κ3) is 3.79. The highest BCUT2D eigenvalue weighted by atomic mass is 35.5. The van der Waals surface area contributed by atoms with Gasteiger partial charge in [-0.25, -0.2) is 0 Å². The molecule has 0 radical (unpaired) electrons. The van der Waals surface area contributed by atoms with Crippen LogP contribution >= 0.6 is 11.6 Å². The molecule has 1 aromatic rings. The largest absolute Gasteiger partial charge is 0.365 e. The lowest BCUT2D eigenvalue weighted by Gasteiger charge is -2.01. The summed E-state index contributed by atoms with van der Waals surface area (Å²) in [7, 11) is 0. The fourth-order valence-electron chi connectivity index (χ4n) is 1.06. The minimum atomic E-state index is 0.746. The molecule has 2 nitrogen and oxygen atoms in total. The lowest BCUT2D eigenvalue weighted by atomic mass is 10.3. The Morgan fingerprint density at radius 1 is 1.42 bits per heavy atom. The number of halogens is 1. The molecule has 1 rings (SSSR count). The average molecular weight is 187 g/mol. The van der Waals surface area contributed by atoms with E-state index >= 15 is 0 Å². The molecule has 3 heteroatoms. The predicted octanol–water partition coefficient (Wildman–Crippen LogP) is 1.78. The molecule has 12 heavy (non-hydrogen) atoms. The van der Waals surface area contributed by atoms with Crippen molar-refractivity contribution in [2.45, 2.75) is 12.8 Å². The van der Waals surface area contributed by atoms with Crippen molar-refractivity contribution in [3.63, 3.8) is 0 Å². The van der Waals surface area contributed by atoms with Crippen LogP contribution in [0.4, 0.5) is 0 Å². The van der Waals surface area contributed by atoms with Gasteiger partial charge in [0.15, 0.2) is 0 Å². The Kier molecular flexibility index (Phi) is 4.88. The van der Waals surface area contributed by atoms with Crippen molar-refractivity contribution in [2.24, 2.45) is 0 Å². The summed E-state index contributed by atoms with van der Waals surface area (Å²) >= 11 is 5.53. The molecule has 0 saturated heterocycles. The zero-order chi connectivity index (χ0) is 8.65. The molecule has 0 saturated carbocycles. The van der Waals surface area contributed by atoms with E-state index in [0.29, 0.717) is 0 Å². The molecule has 0 fully saturated rings. The van der Waals surface area contributed by atoms with Gasteiger partial charge in [-0.15, -0.1) is 11.6 Å². The summed E-state index contributed by atoms with van der Waals surface area (Å²) in [6.07, 6.45) is 4.07. The Bertz CT molecular complexity index is 184. The molecule has 0 aromatic carbocycles. The molecule has 1 aromatic heterocycles. The van der Waals surface area contributed by atoms with E-state index in [4.69, 9.17) is 11.6 Å². The molecular weight excluding hydrogens is 172 g/mol. The van der Waals surface area contributed by atoms with Gasteiger partial charge in [0.2, 0.25) is 0 Å². The second-order valence-corrected chi connectivity index (χ2v) is 3.12. The molecule has 0 spiro atoms. The molecular formula is C9H15ClN2. The minimum Gasteiger partial charge on any atom is -0.365 e. The first-order valence-corrected chi connectivity index (χ1v) is 4.86. The molecule has 2 N–H and O–H groups in total. The van der Waals surface area contributed by atoms with Gasteiger partial charge < -0.3 is 10.3 Å². The van der Waals surface area contributed by atoms with Crippen LogP contribution in [0.25, 0.3) is 0 Å². The van der Waals surface area contributed by atoms with Crippen LogP contribution < -0.4 is 5.32 Å². The first-order valence-electron chi connectivity index (χ1n) is 4.32. The summed E-state index contributed by atoms with van der Waals surface area (Å²) in [5.41, 5.74) is 1.29. The molecule has 0 atom stereocenters. The Hall–Kier alpha value is -0.470. The molecule has 68 valence electrons. The highest BCUT2D eigenvalue weighted by Crippen LogP contribution is 1.93. The first kappa shape index (κ1) is 9.62. The molecule has 0 aliphatic rings. The smallest absolute Gasteiger partial charge is 0.0235 e. The van der Waals surface area contributed by atoms with Crippen molar-refractivity contribution in [2.75, 3.05) is 19.0 Å². The standard InChI is InChI=1S/C9H15ClN2/c10-5-2-6-11-8-4-9-3-1-7-12-9/h1,3,7,11-12H,2,4-6,8H2. The molecule has 0 aliphatic heterocycles. The molecule has 0 bridgehead atoms. The minimum absolute atomic E-state index is 0.746. The molecule has 1 heterocycles. The van der Waals surface area contributed by atoms with Crippen LogP contribution in [-0.4, -0.2) is 24.0 Å². The third-order valence-electron chi connectivity index (χ3n) is 1.72. The van der Waals surface area contributed by atoms with Crippen molar-refractivity contribution in [1.29, 1.82) is 0 Å². The Morgan fingerprint density at radius 3 is 3.00 bits per heavy atom. The van der Waals surface area contributed by atoms with E-state index in [9.17, 15) is 0 Å². The van der Waals surface area contributed by atoms with Gasteiger partial charge in [-0.3, -0.25) is 0 Å². The zero-order valence-corrected chi connectivity index (χ0v) is 7.90. The van der Waals surface area contributed by atoms with E-state index in [1.807, 2.05) is 12.3 Å². The normalized spacial score (nSPS) is 10.4. The van der Waals surface area contributed by atoms with Crippen molar-refractivity contribution in [3.8, 4) is 0 Å². The molecule has 0 aliphatic carbocycles. The summed E-state index contributed by atoms with van der Waals surface area (Å²) in [6, 6.07) is 4.12. The van der Waals surface area contributed by atoms with E-state index in [1.54, 1.807) is 0 Å². The van der Waals surface area contributed by atoms with Crippen molar-refractivity contribution < 1.29 is 0 Å². The second-order valence-electron chi connectivity index (χ2n) is 2.74. The van der Waals surface area contributed by atoms with Gasteiger partial charge in [0, 0.05) is 24.3 Å². The monoisotopic (exact) mass is 186 g/mol. The van der Waals surface area contributed by atoms with Crippen LogP contribution in [0.5, 0.6) is 0 Å². The summed E-state index contributed by atoms with van der Waals surface area (Å²) in [5, 5.41) is 3.32. The predicted molar refractivity (Wildman–Crippen MR) is 52.7 cm³/mol. The van der Waals surface area contributed by atoms with Gasteiger partial charge in [0.1, 0.15) is 0 Å². The first-order chi connectivity index (χ1) is 5.93. The number of aromatic amines is 1.